The van der Waals surface area contributed by atoms with Crippen LogP contribution in [0.15, 0.2) is 91.0 Å². The smallest absolute Gasteiger partial charge is 0.169 e. The van der Waals surface area contributed by atoms with Gasteiger partial charge >= 0.3 is 0 Å². The summed E-state index contributed by atoms with van der Waals surface area (Å²) in [6, 6.07) is 31.0. The summed E-state index contributed by atoms with van der Waals surface area (Å²) in [7, 11) is 0. The van der Waals surface area contributed by atoms with Gasteiger partial charge in [-0.05, 0) is 29.5 Å². The van der Waals surface area contributed by atoms with Crippen LogP contribution >= 0.6 is 0 Å². The first-order chi connectivity index (χ1) is 18.8. The molecule has 1 saturated heterocycles. The summed E-state index contributed by atoms with van der Waals surface area (Å²) in [4.78, 5) is 0. The van der Waals surface area contributed by atoms with E-state index in [4.69, 9.17) is 23.7 Å². The quantitative estimate of drug-likeness (QED) is 0.322. The van der Waals surface area contributed by atoms with Gasteiger partial charge in [0, 0.05) is 19.3 Å². The first-order valence-electron chi connectivity index (χ1n) is 14.1. The third kappa shape index (κ3) is 6.03. The van der Waals surface area contributed by atoms with Gasteiger partial charge in [-0.15, -0.1) is 0 Å². The van der Waals surface area contributed by atoms with Crippen LogP contribution < -0.4 is 0 Å². The van der Waals surface area contributed by atoms with Crippen molar-refractivity contribution in [1.82, 2.24) is 0 Å². The molecule has 0 radical (unpaired) electrons. The number of ether oxygens (including phenoxy) is 5. The molecule has 3 aromatic carbocycles. The molecule has 0 amide bonds. The Morgan fingerprint density at radius 2 is 1.03 bits per heavy atom. The predicted molar refractivity (Wildman–Crippen MR) is 145 cm³/mol. The van der Waals surface area contributed by atoms with Crippen LogP contribution in [0.4, 0.5) is 0 Å². The van der Waals surface area contributed by atoms with Crippen LogP contribution in [-0.4, -0.2) is 36.3 Å². The van der Waals surface area contributed by atoms with Gasteiger partial charge in [0.2, 0.25) is 0 Å². The minimum Gasteiger partial charge on any atom is -0.371 e. The van der Waals surface area contributed by atoms with Crippen LogP contribution in [-0.2, 0) is 43.5 Å². The number of hydrogen-bond donors (Lipinski definition) is 0. The average Bonchev–Trinajstić information content (AvgIpc) is 3.34. The highest BCUT2D eigenvalue weighted by Gasteiger charge is 2.58. The van der Waals surface area contributed by atoms with Crippen molar-refractivity contribution in [3.8, 4) is 0 Å². The van der Waals surface area contributed by atoms with E-state index in [0.29, 0.717) is 26.2 Å². The second-order valence-electron chi connectivity index (χ2n) is 10.8. The number of rotatable bonds is 9. The standard InChI is InChI=1S/C33H38O5/c1-5-13-25(14-6-1)22-34-28-21-29(35-23-26-15-7-2-8-16-26)31-32(38-33(37-31)19-11-4-12-20-33)30(28)36-24-27-17-9-3-10-18-27/h1-3,5-10,13-18,28-32H,4,11-12,19-24H2/t28-,29+,30+,31+,32-/m1/s1. The molecule has 0 aromatic heterocycles. The van der Waals surface area contributed by atoms with E-state index in [2.05, 4.69) is 36.4 Å². The van der Waals surface area contributed by atoms with Crippen LogP contribution in [0.25, 0.3) is 0 Å². The molecule has 1 spiro atoms. The molecule has 5 atom stereocenters. The van der Waals surface area contributed by atoms with Crippen molar-refractivity contribution in [2.24, 2.45) is 0 Å². The lowest BCUT2D eigenvalue weighted by Crippen LogP contribution is -2.56. The molecule has 3 aromatic rings. The van der Waals surface area contributed by atoms with Crippen molar-refractivity contribution in [3.05, 3.63) is 108 Å². The van der Waals surface area contributed by atoms with Gasteiger partial charge in [-0.2, -0.15) is 0 Å². The Morgan fingerprint density at radius 3 is 1.58 bits per heavy atom. The Labute approximate surface area is 226 Å². The summed E-state index contributed by atoms with van der Waals surface area (Å²) in [6.07, 6.45) is 5.02. The molecule has 0 N–H and O–H groups in total. The molecule has 6 rings (SSSR count). The van der Waals surface area contributed by atoms with Crippen LogP contribution in [0, 0.1) is 0 Å². The molecule has 2 saturated carbocycles. The topological polar surface area (TPSA) is 46.2 Å². The maximum Gasteiger partial charge on any atom is 0.169 e. The van der Waals surface area contributed by atoms with Gasteiger partial charge in [0.15, 0.2) is 5.79 Å². The number of fused-ring (bicyclic) bond motifs is 1. The molecule has 2 aliphatic carbocycles. The van der Waals surface area contributed by atoms with E-state index in [-0.39, 0.29) is 30.5 Å². The third-order valence-electron chi connectivity index (χ3n) is 8.06. The zero-order valence-corrected chi connectivity index (χ0v) is 22.0. The molecule has 0 unspecified atom stereocenters. The fraction of sp³-hybridized carbons (Fsp3) is 0.455. The van der Waals surface area contributed by atoms with Crippen molar-refractivity contribution in [1.29, 1.82) is 0 Å². The van der Waals surface area contributed by atoms with Gasteiger partial charge in [0.1, 0.15) is 18.3 Å². The molecule has 38 heavy (non-hydrogen) atoms. The monoisotopic (exact) mass is 514 g/mol. The van der Waals surface area contributed by atoms with E-state index in [1.165, 1.54) is 6.42 Å². The van der Waals surface area contributed by atoms with Gasteiger partial charge in [-0.1, -0.05) is 97.4 Å². The van der Waals surface area contributed by atoms with Gasteiger partial charge in [-0.3, -0.25) is 0 Å². The fourth-order valence-electron chi connectivity index (χ4n) is 6.08. The zero-order chi connectivity index (χ0) is 25.6. The Hall–Kier alpha value is -2.54. The van der Waals surface area contributed by atoms with Gasteiger partial charge in [0.05, 0.1) is 32.0 Å². The van der Waals surface area contributed by atoms with Crippen LogP contribution in [0.5, 0.6) is 0 Å². The lowest BCUT2D eigenvalue weighted by molar-refractivity contribution is -0.209. The van der Waals surface area contributed by atoms with Crippen molar-refractivity contribution >= 4 is 0 Å². The summed E-state index contributed by atoms with van der Waals surface area (Å²) in [6.45, 7) is 1.56. The summed E-state index contributed by atoms with van der Waals surface area (Å²) in [5.41, 5.74) is 3.43. The van der Waals surface area contributed by atoms with E-state index in [0.717, 1.165) is 42.4 Å². The first kappa shape index (κ1) is 25.7. The zero-order valence-electron chi connectivity index (χ0n) is 22.0. The molecular formula is C33H38O5. The van der Waals surface area contributed by atoms with E-state index in [1.54, 1.807) is 0 Å². The van der Waals surface area contributed by atoms with Crippen LogP contribution in [0.3, 0.4) is 0 Å². The average molecular weight is 515 g/mol. The van der Waals surface area contributed by atoms with Gasteiger partial charge < -0.3 is 23.7 Å². The normalized spacial score (nSPS) is 28.3. The fourth-order valence-corrected chi connectivity index (χ4v) is 6.08. The summed E-state index contributed by atoms with van der Waals surface area (Å²) < 4.78 is 33.5. The van der Waals surface area contributed by atoms with Crippen molar-refractivity contribution in [2.75, 3.05) is 0 Å². The van der Waals surface area contributed by atoms with Gasteiger partial charge in [-0.25, -0.2) is 0 Å². The molecule has 0 bridgehead atoms. The second-order valence-corrected chi connectivity index (χ2v) is 10.8. The molecule has 3 fully saturated rings. The van der Waals surface area contributed by atoms with E-state index in [9.17, 15) is 0 Å². The Morgan fingerprint density at radius 1 is 0.553 bits per heavy atom. The minimum absolute atomic E-state index is 0.140. The SMILES string of the molecule is c1ccc(CO[C@@H]2[C@H]3OC4(CCCCC4)O[C@H]3[C@@H](OCc3ccccc3)C[C@H]2OCc2ccccc2)cc1. The van der Waals surface area contributed by atoms with Crippen molar-refractivity contribution in [3.63, 3.8) is 0 Å². The maximum absolute atomic E-state index is 6.85. The molecule has 200 valence electrons. The van der Waals surface area contributed by atoms with Crippen molar-refractivity contribution in [2.45, 2.75) is 94.7 Å². The molecular weight excluding hydrogens is 476 g/mol. The van der Waals surface area contributed by atoms with E-state index in [1.807, 2.05) is 54.6 Å². The van der Waals surface area contributed by atoms with E-state index >= 15 is 0 Å². The Kier molecular flexibility index (Phi) is 8.19. The van der Waals surface area contributed by atoms with E-state index < -0.39 is 5.79 Å². The lowest BCUT2D eigenvalue weighted by Gasteiger charge is -2.41. The largest absolute Gasteiger partial charge is 0.371 e. The third-order valence-corrected chi connectivity index (χ3v) is 8.06. The Balaban J connectivity index is 1.25. The Bertz CT molecular complexity index is 1120. The molecule has 5 heteroatoms. The first-order valence-corrected chi connectivity index (χ1v) is 14.1. The van der Waals surface area contributed by atoms with Crippen molar-refractivity contribution < 1.29 is 23.7 Å². The highest BCUT2D eigenvalue weighted by molar-refractivity contribution is 5.16. The molecule has 1 heterocycles. The maximum atomic E-state index is 6.85. The number of benzene rings is 3. The highest BCUT2D eigenvalue weighted by Crippen LogP contribution is 2.47. The summed E-state index contributed by atoms with van der Waals surface area (Å²) in [5, 5.41) is 0. The van der Waals surface area contributed by atoms with Gasteiger partial charge in [0.25, 0.3) is 0 Å². The summed E-state index contributed by atoms with van der Waals surface area (Å²) >= 11 is 0. The predicted octanol–water partition coefficient (Wildman–Crippen LogP) is 6.59. The highest BCUT2D eigenvalue weighted by atomic mass is 16.8. The lowest BCUT2D eigenvalue weighted by atomic mass is 9.86. The summed E-state index contributed by atoms with van der Waals surface area (Å²) in [5.74, 6) is -0.537. The second kappa shape index (κ2) is 12.1. The number of hydrogen-bond acceptors (Lipinski definition) is 5. The van der Waals surface area contributed by atoms with Crippen LogP contribution in [0.2, 0.25) is 0 Å². The van der Waals surface area contributed by atoms with Crippen LogP contribution in [0.1, 0.15) is 55.2 Å². The molecule has 3 aliphatic rings. The minimum atomic E-state index is -0.537. The molecule has 5 nitrogen and oxygen atoms in total. The molecule has 1 aliphatic heterocycles.